The van der Waals surface area contributed by atoms with Gasteiger partial charge in [0.25, 0.3) is 0 Å². The van der Waals surface area contributed by atoms with Crippen LogP contribution in [0.1, 0.15) is 26.2 Å². The Balaban J connectivity index is 2.06. The number of hydrogen-bond donors (Lipinski definition) is 0. The maximum Gasteiger partial charge on any atom is 0.222 e. The zero-order valence-corrected chi connectivity index (χ0v) is 14.9. The molecule has 2 rings (SSSR count). The predicted molar refractivity (Wildman–Crippen MR) is 92.9 cm³/mol. The van der Waals surface area contributed by atoms with E-state index in [1.54, 1.807) is 20.3 Å². The number of unbranched alkanes of at least 4 members (excludes halogenated alkanes) is 1. The number of amides is 1. The molecule has 0 saturated carbocycles. The average Bonchev–Trinajstić information content (AvgIpc) is 2.59. The first-order chi connectivity index (χ1) is 11.1. The molecule has 0 aromatic heterocycles. The number of methoxy groups -OCH3 is 2. The molecule has 1 fully saturated rings. The van der Waals surface area contributed by atoms with Gasteiger partial charge in [0, 0.05) is 44.7 Å². The predicted octanol–water partition coefficient (Wildman–Crippen LogP) is 3.20. The molecule has 0 aliphatic carbocycles. The van der Waals surface area contributed by atoms with Crippen molar-refractivity contribution < 1.29 is 14.3 Å². The van der Waals surface area contributed by atoms with Crippen LogP contribution in [0, 0.1) is 0 Å². The highest BCUT2D eigenvalue weighted by molar-refractivity contribution is 6.32. The van der Waals surface area contributed by atoms with Gasteiger partial charge in [-0.25, -0.2) is 0 Å². The minimum atomic E-state index is 0.257. The molecule has 0 spiro atoms. The molecule has 6 heteroatoms. The fourth-order valence-electron chi connectivity index (χ4n) is 2.77. The Morgan fingerprint density at radius 2 is 1.78 bits per heavy atom. The van der Waals surface area contributed by atoms with Crippen LogP contribution in [0.15, 0.2) is 12.1 Å². The van der Waals surface area contributed by atoms with E-state index in [2.05, 4.69) is 11.8 Å². The normalized spacial score (nSPS) is 14.8. The van der Waals surface area contributed by atoms with Crippen LogP contribution in [0.2, 0.25) is 5.02 Å². The molecule has 1 amide bonds. The first-order valence-corrected chi connectivity index (χ1v) is 8.42. The molecule has 1 heterocycles. The van der Waals surface area contributed by atoms with Crippen LogP contribution in [0.5, 0.6) is 11.5 Å². The van der Waals surface area contributed by atoms with Gasteiger partial charge in [0.15, 0.2) is 0 Å². The van der Waals surface area contributed by atoms with E-state index >= 15 is 0 Å². The molecule has 23 heavy (non-hydrogen) atoms. The number of anilines is 1. The Hall–Kier alpha value is -1.62. The highest BCUT2D eigenvalue weighted by Gasteiger charge is 2.23. The van der Waals surface area contributed by atoms with Crippen molar-refractivity contribution in [1.82, 2.24) is 4.90 Å². The monoisotopic (exact) mass is 340 g/mol. The summed E-state index contributed by atoms with van der Waals surface area (Å²) in [6.07, 6.45) is 2.66. The first-order valence-electron chi connectivity index (χ1n) is 8.05. The zero-order valence-electron chi connectivity index (χ0n) is 14.1. The Kier molecular flexibility index (Phi) is 6.39. The smallest absolute Gasteiger partial charge is 0.222 e. The summed E-state index contributed by atoms with van der Waals surface area (Å²) in [4.78, 5) is 16.3. The Morgan fingerprint density at radius 3 is 2.35 bits per heavy atom. The lowest BCUT2D eigenvalue weighted by Crippen LogP contribution is -2.48. The molecule has 0 bridgehead atoms. The van der Waals surface area contributed by atoms with Crippen LogP contribution in [0.3, 0.4) is 0 Å². The maximum atomic E-state index is 12.1. The van der Waals surface area contributed by atoms with Crippen LogP contribution < -0.4 is 14.4 Å². The Labute approximate surface area is 143 Å². The number of halogens is 1. The van der Waals surface area contributed by atoms with E-state index in [9.17, 15) is 4.79 Å². The number of ether oxygens (including phenoxy) is 2. The van der Waals surface area contributed by atoms with Crippen molar-refractivity contribution in [3.63, 3.8) is 0 Å². The van der Waals surface area contributed by atoms with Crippen molar-refractivity contribution >= 4 is 23.2 Å². The number of hydrogen-bond acceptors (Lipinski definition) is 4. The van der Waals surface area contributed by atoms with E-state index in [-0.39, 0.29) is 5.91 Å². The summed E-state index contributed by atoms with van der Waals surface area (Å²) in [7, 11) is 3.23. The van der Waals surface area contributed by atoms with Crippen LogP contribution in [0.4, 0.5) is 5.69 Å². The Morgan fingerprint density at radius 1 is 1.13 bits per heavy atom. The van der Waals surface area contributed by atoms with Crippen molar-refractivity contribution in [2.24, 2.45) is 0 Å². The molecule has 0 unspecified atom stereocenters. The largest absolute Gasteiger partial charge is 0.495 e. The summed E-state index contributed by atoms with van der Waals surface area (Å²) in [5.74, 6) is 1.61. The van der Waals surface area contributed by atoms with Crippen LogP contribution in [-0.2, 0) is 4.79 Å². The number of carbonyl (C=O) groups is 1. The van der Waals surface area contributed by atoms with Crippen molar-refractivity contribution in [1.29, 1.82) is 0 Å². The van der Waals surface area contributed by atoms with Gasteiger partial charge in [-0.2, -0.15) is 0 Å². The molecule has 0 atom stereocenters. The lowest BCUT2D eigenvalue weighted by Gasteiger charge is -2.37. The third-order valence-electron chi connectivity index (χ3n) is 4.17. The van der Waals surface area contributed by atoms with Crippen molar-refractivity contribution in [2.75, 3.05) is 45.3 Å². The lowest BCUT2D eigenvalue weighted by molar-refractivity contribution is -0.131. The molecule has 0 N–H and O–H groups in total. The summed E-state index contributed by atoms with van der Waals surface area (Å²) in [6.45, 7) is 5.12. The molecule has 1 aromatic carbocycles. The molecule has 1 aromatic rings. The van der Waals surface area contributed by atoms with Gasteiger partial charge >= 0.3 is 0 Å². The van der Waals surface area contributed by atoms with Gasteiger partial charge in [0.05, 0.1) is 24.9 Å². The second-order valence-corrected chi connectivity index (χ2v) is 6.04. The highest BCUT2D eigenvalue weighted by Crippen LogP contribution is 2.38. The Bertz CT molecular complexity index is 543. The summed E-state index contributed by atoms with van der Waals surface area (Å²) in [6, 6.07) is 3.67. The molecule has 0 radical (unpaired) electrons. The molecule has 1 saturated heterocycles. The molecule has 5 nitrogen and oxygen atoms in total. The summed E-state index contributed by atoms with van der Waals surface area (Å²) >= 11 is 6.16. The average molecular weight is 341 g/mol. The standard InChI is InChI=1S/C17H25ClN2O3/c1-4-5-6-17(21)20-9-7-19(8-10-20)14-12-15(22-2)13(18)11-16(14)23-3/h11-12H,4-10H2,1-3H3. The van der Waals surface area contributed by atoms with Crippen LogP contribution >= 0.6 is 11.6 Å². The van der Waals surface area contributed by atoms with Gasteiger partial charge in [0.1, 0.15) is 11.5 Å². The van der Waals surface area contributed by atoms with E-state index in [1.165, 1.54) is 0 Å². The molecular weight excluding hydrogens is 316 g/mol. The van der Waals surface area contributed by atoms with Gasteiger partial charge < -0.3 is 19.3 Å². The molecular formula is C17H25ClN2O3. The fraction of sp³-hybridized carbons (Fsp3) is 0.588. The SMILES string of the molecule is CCCCC(=O)N1CCN(c2cc(OC)c(Cl)cc2OC)CC1. The van der Waals surface area contributed by atoms with Crippen molar-refractivity contribution in [2.45, 2.75) is 26.2 Å². The molecule has 1 aliphatic heterocycles. The lowest BCUT2D eigenvalue weighted by atomic mass is 10.2. The number of nitrogens with zero attached hydrogens (tertiary/aromatic N) is 2. The minimum absolute atomic E-state index is 0.257. The topological polar surface area (TPSA) is 42.0 Å². The number of benzene rings is 1. The van der Waals surface area contributed by atoms with E-state index in [1.807, 2.05) is 11.0 Å². The van der Waals surface area contributed by atoms with E-state index in [0.717, 1.165) is 50.5 Å². The number of carbonyl (C=O) groups excluding carboxylic acids is 1. The third-order valence-corrected chi connectivity index (χ3v) is 4.47. The van der Waals surface area contributed by atoms with Gasteiger partial charge in [-0.15, -0.1) is 0 Å². The quantitative estimate of drug-likeness (QED) is 0.797. The van der Waals surface area contributed by atoms with Gasteiger partial charge in [-0.05, 0) is 6.42 Å². The van der Waals surface area contributed by atoms with Crippen LogP contribution in [-0.4, -0.2) is 51.2 Å². The molecule has 128 valence electrons. The van der Waals surface area contributed by atoms with Gasteiger partial charge in [0.2, 0.25) is 5.91 Å². The number of rotatable bonds is 6. The van der Waals surface area contributed by atoms with Crippen molar-refractivity contribution in [3.05, 3.63) is 17.2 Å². The highest BCUT2D eigenvalue weighted by atomic mass is 35.5. The fourth-order valence-corrected chi connectivity index (χ4v) is 3.01. The summed E-state index contributed by atoms with van der Waals surface area (Å²) < 4.78 is 10.7. The zero-order chi connectivity index (χ0) is 16.8. The summed E-state index contributed by atoms with van der Waals surface area (Å²) in [5.41, 5.74) is 0.953. The second kappa shape index (κ2) is 8.29. The first kappa shape index (κ1) is 17.7. The van der Waals surface area contributed by atoms with Crippen molar-refractivity contribution in [3.8, 4) is 11.5 Å². The van der Waals surface area contributed by atoms with E-state index < -0.39 is 0 Å². The molecule has 1 aliphatic rings. The van der Waals surface area contributed by atoms with Crippen LogP contribution in [0.25, 0.3) is 0 Å². The summed E-state index contributed by atoms with van der Waals surface area (Å²) in [5, 5.41) is 0.529. The number of piperazine rings is 1. The maximum absolute atomic E-state index is 12.1. The third kappa shape index (κ3) is 4.22. The minimum Gasteiger partial charge on any atom is -0.495 e. The van der Waals surface area contributed by atoms with Gasteiger partial charge in [-0.1, -0.05) is 24.9 Å². The van der Waals surface area contributed by atoms with E-state index in [4.69, 9.17) is 21.1 Å². The second-order valence-electron chi connectivity index (χ2n) is 5.63. The van der Waals surface area contributed by atoms with E-state index in [0.29, 0.717) is 17.2 Å². The van der Waals surface area contributed by atoms with Gasteiger partial charge in [-0.3, -0.25) is 4.79 Å².